The third kappa shape index (κ3) is 6.75. The molecule has 0 saturated carbocycles. The van der Waals surface area contributed by atoms with Crippen molar-refractivity contribution in [2.45, 2.75) is 52.2 Å². The molecular weight excluding hydrogens is 534 g/mol. The number of anilines is 1. The Morgan fingerprint density at radius 3 is 2.52 bits per heavy atom. The highest BCUT2D eigenvalue weighted by Crippen LogP contribution is 2.39. The van der Waals surface area contributed by atoms with Gasteiger partial charge in [0, 0.05) is 31.1 Å². The van der Waals surface area contributed by atoms with Gasteiger partial charge in [0.1, 0.15) is 21.3 Å². The fourth-order valence-corrected chi connectivity index (χ4v) is 5.83. The summed E-state index contributed by atoms with van der Waals surface area (Å²) in [6.07, 6.45) is 5.23. The fourth-order valence-electron chi connectivity index (χ4n) is 4.91. The van der Waals surface area contributed by atoms with Crippen molar-refractivity contribution in [1.82, 2.24) is 9.88 Å². The summed E-state index contributed by atoms with van der Waals surface area (Å²) in [5.41, 5.74) is 2.69. The third-order valence-electron chi connectivity index (χ3n) is 6.66. The van der Waals surface area contributed by atoms with Crippen LogP contribution in [0.15, 0.2) is 36.5 Å². The zero-order valence-electron chi connectivity index (χ0n) is 23.9. The van der Waals surface area contributed by atoms with Crippen molar-refractivity contribution in [2.24, 2.45) is 0 Å². The smallest absolute Gasteiger partial charge is 0.410 e. The predicted octanol–water partition coefficient (Wildman–Crippen LogP) is 4.19. The number of carbonyl (C=O) groups is 2. The van der Waals surface area contributed by atoms with Crippen molar-refractivity contribution < 1.29 is 32.2 Å². The first-order valence-corrected chi connectivity index (χ1v) is 15.3. The molecule has 2 amide bonds. The van der Waals surface area contributed by atoms with Gasteiger partial charge in [-0.2, -0.15) is 0 Å². The number of aromatic nitrogens is 1. The SMILES string of the molecule is CCOc1cc(C(CS(C)(=O)=O)N2C(=O)Cc3cc(C4=CCN(C(=O)OC(C)(C)C)CC4)cnc32)ccc1OC. The highest BCUT2D eigenvalue weighted by Gasteiger charge is 2.37. The van der Waals surface area contributed by atoms with Crippen LogP contribution in [0.5, 0.6) is 11.5 Å². The lowest BCUT2D eigenvalue weighted by Gasteiger charge is -2.30. The molecule has 1 unspecified atom stereocenters. The molecule has 3 heterocycles. The number of hydrogen-bond acceptors (Lipinski definition) is 8. The van der Waals surface area contributed by atoms with Gasteiger partial charge in [0.15, 0.2) is 11.5 Å². The van der Waals surface area contributed by atoms with Gasteiger partial charge >= 0.3 is 6.09 Å². The highest BCUT2D eigenvalue weighted by atomic mass is 32.2. The molecule has 2 aromatic rings. The van der Waals surface area contributed by atoms with Crippen LogP contribution in [0.25, 0.3) is 5.57 Å². The van der Waals surface area contributed by atoms with E-state index in [0.717, 1.165) is 23.0 Å². The molecule has 1 atom stereocenters. The summed E-state index contributed by atoms with van der Waals surface area (Å²) in [7, 11) is -1.94. The number of fused-ring (bicyclic) bond motifs is 1. The Kier molecular flexibility index (Phi) is 8.44. The van der Waals surface area contributed by atoms with Crippen molar-refractivity contribution >= 4 is 33.2 Å². The highest BCUT2D eigenvalue weighted by molar-refractivity contribution is 7.90. The summed E-state index contributed by atoms with van der Waals surface area (Å²) in [6.45, 7) is 8.69. The maximum absolute atomic E-state index is 13.3. The molecule has 4 rings (SSSR count). The van der Waals surface area contributed by atoms with Gasteiger partial charge in [-0.05, 0) is 69.0 Å². The van der Waals surface area contributed by atoms with E-state index in [4.69, 9.17) is 14.2 Å². The van der Waals surface area contributed by atoms with Crippen molar-refractivity contribution in [3.05, 3.63) is 53.2 Å². The number of nitrogens with zero attached hydrogens (tertiary/aromatic N) is 3. The van der Waals surface area contributed by atoms with Crippen LogP contribution in [-0.2, 0) is 25.8 Å². The Bertz CT molecular complexity index is 1430. The molecule has 0 bridgehead atoms. The molecule has 0 aliphatic carbocycles. The number of benzene rings is 1. The second-order valence-corrected chi connectivity index (χ2v) is 13.2. The number of rotatable bonds is 8. The number of sulfone groups is 1. The molecule has 0 radical (unpaired) electrons. The molecule has 0 saturated heterocycles. The standard InChI is InChI=1S/C29H37N3O7S/c1-7-38-25-15-20(8-9-24(25)37-5)23(18-40(6,35)36)32-26(33)16-21-14-22(17-30-27(21)32)19-10-12-31(13-11-19)28(34)39-29(2,3)4/h8-10,14-15,17,23H,7,11-13,16,18H2,1-6H3. The first-order valence-electron chi connectivity index (χ1n) is 13.3. The lowest BCUT2D eigenvalue weighted by atomic mass is 9.99. The summed E-state index contributed by atoms with van der Waals surface area (Å²) in [5.74, 6) is 0.941. The molecule has 11 heteroatoms. The van der Waals surface area contributed by atoms with E-state index >= 15 is 0 Å². The number of hydrogen-bond donors (Lipinski definition) is 0. The molecule has 40 heavy (non-hydrogen) atoms. The Labute approximate surface area is 235 Å². The molecule has 2 aliphatic heterocycles. The van der Waals surface area contributed by atoms with Crippen molar-refractivity contribution in [2.75, 3.05) is 43.7 Å². The van der Waals surface area contributed by atoms with Crippen LogP contribution >= 0.6 is 0 Å². The molecular formula is C29H37N3O7S. The molecule has 1 aromatic carbocycles. The quantitative estimate of drug-likeness (QED) is 0.463. The van der Waals surface area contributed by atoms with Crippen LogP contribution in [-0.4, -0.2) is 74.7 Å². The number of amides is 2. The average Bonchev–Trinajstić information content (AvgIpc) is 3.20. The van der Waals surface area contributed by atoms with Crippen LogP contribution in [0.2, 0.25) is 0 Å². The predicted molar refractivity (Wildman–Crippen MR) is 152 cm³/mol. The van der Waals surface area contributed by atoms with Crippen LogP contribution in [0.1, 0.15) is 56.8 Å². The fraction of sp³-hybridized carbons (Fsp3) is 0.483. The molecule has 0 spiro atoms. The molecule has 0 N–H and O–H groups in total. The molecule has 0 fully saturated rings. The largest absolute Gasteiger partial charge is 0.493 e. The second kappa shape index (κ2) is 11.5. The van der Waals surface area contributed by atoms with E-state index in [1.807, 2.05) is 39.8 Å². The summed E-state index contributed by atoms with van der Waals surface area (Å²) < 4.78 is 41.5. The third-order valence-corrected chi connectivity index (χ3v) is 7.58. The number of methoxy groups -OCH3 is 1. The van der Waals surface area contributed by atoms with Crippen LogP contribution in [0.3, 0.4) is 0 Å². The van der Waals surface area contributed by atoms with Crippen molar-refractivity contribution in [1.29, 1.82) is 0 Å². The van der Waals surface area contributed by atoms with Gasteiger partial charge in [0.05, 0.1) is 31.9 Å². The lowest BCUT2D eigenvalue weighted by Crippen LogP contribution is -2.39. The van der Waals surface area contributed by atoms with E-state index in [0.29, 0.717) is 49.0 Å². The molecule has 2 aliphatic rings. The minimum Gasteiger partial charge on any atom is -0.493 e. The van der Waals surface area contributed by atoms with Crippen LogP contribution in [0.4, 0.5) is 10.6 Å². The summed E-state index contributed by atoms with van der Waals surface area (Å²) in [4.78, 5) is 33.5. The van der Waals surface area contributed by atoms with E-state index < -0.39 is 21.5 Å². The zero-order valence-corrected chi connectivity index (χ0v) is 24.7. The number of pyridine rings is 1. The van der Waals surface area contributed by atoms with Gasteiger partial charge in [-0.1, -0.05) is 12.1 Å². The Balaban J connectivity index is 1.63. The molecule has 216 valence electrons. The zero-order chi connectivity index (χ0) is 29.2. The number of ether oxygens (including phenoxy) is 3. The van der Waals surface area contributed by atoms with Gasteiger partial charge in [0.25, 0.3) is 0 Å². The van der Waals surface area contributed by atoms with Gasteiger partial charge in [-0.3, -0.25) is 9.69 Å². The number of carbonyl (C=O) groups excluding carboxylic acids is 2. The van der Waals surface area contributed by atoms with E-state index in [1.54, 1.807) is 29.3 Å². The first-order chi connectivity index (χ1) is 18.8. The minimum atomic E-state index is -3.47. The maximum Gasteiger partial charge on any atom is 0.410 e. The Morgan fingerprint density at radius 1 is 1.18 bits per heavy atom. The topological polar surface area (TPSA) is 115 Å². The van der Waals surface area contributed by atoms with Crippen LogP contribution in [0, 0.1) is 0 Å². The van der Waals surface area contributed by atoms with E-state index in [-0.39, 0.29) is 24.2 Å². The molecule has 10 nitrogen and oxygen atoms in total. The van der Waals surface area contributed by atoms with Gasteiger partial charge in [-0.15, -0.1) is 0 Å². The van der Waals surface area contributed by atoms with Gasteiger partial charge < -0.3 is 19.1 Å². The summed E-state index contributed by atoms with van der Waals surface area (Å²) in [5, 5.41) is 0. The van der Waals surface area contributed by atoms with E-state index in [2.05, 4.69) is 4.98 Å². The van der Waals surface area contributed by atoms with E-state index in [9.17, 15) is 18.0 Å². The van der Waals surface area contributed by atoms with Gasteiger partial charge in [-0.25, -0.2) is 18.2 Å². The van der Waals surface area contributed by atoms with Crippen molar-refractivity contribution in [3.8, 4) is 11.5 Å². The monoisotopic (exact) mass is 571 g/mol. The van der Waals surface area contributed by atoms with Gasteiger partial charge in [0.2, 0.25) is 5.91 Å². The maximum atomic E-state index is 13.3. The van der Waals surface area contributed by atoms with Crippen molar-refractivity contribution in [3.63, 3.8) is 0 Å². The Hall–Kier alpha value is -3.60. The summed E-state index contributed by atoms with van der Waals surface area (Å²) >= 11 is 0. The van der Waals surface area contributed by atoms with Crippen LogP contribution < -0.4 is 14.4 Å². The summed E-state index contributed by atoms with van der Waals surface area (Å²) in [6, 6.07) is 6.33. The lowest BCUT2D eigenvalue weighted by molar-refractivity contribution is -0.117. The average molecular weight is 572 g/mol. The Morgan fingerprint density at radius 2 is 1.93 bits per heavy atom. The second-order valence-electron chi connectivity index (χ2n) is 11.0. The first kappa shape index (κ1) is 29.4. The van der Waals surface area contributed by atoms with E-state index in [1.165, 1.54) is 12.0 Å². The minimum absolute atomic E-state index is 0.113. The molecule has 1 aromatic heterocycles. The normalized spacial score (nSPS) is 16.4.